The number of aryl methyl sites for hydroxylation is 3. The fourth-order valence-electron chi connectivity index (χ4n) is 2.51. The first kappa shape index (κ1) is 16.0. The van der Waals surface area contributed by atoms with E-state index in [-0.39, 0.29) is 0 Å². The summed E-state index contributed by atoms with van der Waals surface area (Å²) >= 11 is 0. The van der Waals surface area contributed by atoms with Gasteiger partial charge in [0.15, 0.2) is 5.96 Å². The topological polar surface area (TPSA) is 80.3 Å². The maximum atomic E-state index is 5.56. The highest BCUT2D eigenvalue weighted by atomic mass is 16.4. The van der Waals surface area contributed by atoms with E-state index in [1.54, 1.807) is 7.05 Å². The van der Waals surface area contributed by atoms with Crippen LogP contribution >= 0.6 is 0 Å². The van der Waals surface area contributed by atoms with Crippen LogP contribution in [0.1, 0.15) is 23.2 Å². The fourth-order valence-corrected chi connectivity index (χ4v) is 2.51. The third-order valence-corrected chi connectivity index (χ3v) is 4.00. The van der Waals surface area contributed by atoms with Crippen molar-refractivity contribution in [1.82, 2.24) is 25.2 Å². The minimum Gasteiger partial charge on any atom is -0.444 e. The fraction of sp³-hybridized carbons (Fsp3) is 0.353. The highest BCUT2D eigenvalue weighted by Gasteiger charge is 2.09. The highest BCUT2D eigenvalue weighted by Crippen LogP contribution is 2.13. The largest absolute Gasteiger partial charge is 0.444 e. The number of benzene rings is 1. The van der Waals surface area contributed by atoms with Gasteiger partial charge in [-0.25, -0.2) is 9.97 Å². The molecule has 0 atom stereocenters. The summed E-state index contributed by atoms with van der Waals surface area (Å²) in [5.74, 6) is 3.11. The Bertz CT molecular complexity index is 857. The van der Waals surface area contributed by atoms with E-state index in [0.717, 1.165) is 28.3 Å². The van der Waals surface area contributed by atoms with Gasteiger partial charge in [-0.1, -0.05) is 12.1 Å². The molecule has 0 bridgehead atoms. The number of aromatic nitrogens is 3. The first-order chi connectivity index (χ1) is 11.6. The molecule has 3 rings (SSSR count). The van der Waals surface area contributed by atoms with Crippen molar-refractivity contribution in [3.05, 3.63) is 47.4 Å². The molecule has 2 aromatic heterocycles. The molecule has 0 aliphatic rings. The molecule has 0 amide bonds. The second-order valence-electron chi connectivity index (χ2n) is 5.60. The first-order valence-corrected chi connectivity index (χ1v) is 7.86. The standard InChI is InChI=1S/C17H22N6O/c1-11-12(2)24-16(21-11)10-20-17(18-3)19-9-15-22-13-7-5-6-8-14(13)23(15)4/h5-8H,9-10H2,1-4H3,(H2,18,19,20). The second kappa shape index (κ2) is 6.74. The van der Waals surface area contributed by atoms with Crippen LogP contribution in [0.5, 0.6) is 0 Å². The molecule has 0 fully saturated rings. The molecule has 2 N–H and O–H groups in total. The minimum absolute atomic E-state index is 0.483. The Kier molecular flexibility index (Phi) is 4.50. The molecule has 0 spiro atoms. The number of fused-ring (bicyclic) bond motifs is 1. The molecular formula is C17H22N6O. The lowest BCUT2D eigenvalue weighted by molar-refractivity contribution is 0.463. The summed E-state index contributed by atoms with van der Waals surface area (Å²) in [5, 5.41) is 6.46. The van der Waals surface area contributed by atoms with E-state index in [0.29, 0.717) is 24.9 Å². The summed E-state index contributed by atoms with van der Waals surface area (Å²) in [7, 11) is 3.75. The van der Waals surface area contributed by atoms with Gasteiger partial charge in [-0.3, -0.25) is 4.99 Å². The molecule has 0 unspecified atom stereocenters. The Hall–Kier alpha value is -2.83. The third kappa shape index (κ3) is 3.24. The molecule has 2 heterocycles. The zero-order valence-corrected chi connectivity index (χ0v) is 14.4. The Balaban J connectivity index is 1.62. The van der Waals surface area contributed by atoms with Crippen LogP contribution in [0.3, 0.4) is 0 Å². The van der Waals surface area contributed by atoms with Crippen molar-refractivity contribution in [1.29, 1.82) is 0 Å². The monoisotopic (exact) mass is 326 g/mol. The Morgan fingerprint density at radius 3 is 2.58 bits per heavy atom. The van der Waals surface area contributed by atoms with Gasteiger partial charge < -0.3 is 19.6 Å². The van der Waals surface area contributed by atoms with Crippen molar-refractivity contribution in [3.63, 3.8) is 0 Å². The average Bonchev–Trinajstić information content (AvgIpc) is 3.08. The normalized spacial score (nSPS) is 11.9. The van der Waals surface area contributed by atoms with Gasteiger partial charge in [0.05, 0.1) is 29.8 Å². The van der Waals surface area contributed by atoms with Gasteiger partial charge in [-0.05, 0) is 26.0 Å². The van der Waals surface area contributed by atoms with E-state index in [9.17, 15) is 0 Å². The maximum Gasteiger partial charge on any atom is 0.214 e. The van der Waals surface area contributed by atoms with Crippen LogP contribution in [0.25, 0.3) is 11.0 Å². The number of imidazole rings is 1. The van der Waals surface area contributed by atoms with E-state index in [2.05, 4.69) is 36.2 Å². The van der Waals surface area contributed by atoms with E-state index in [4.69, 9.17) is 4.42 Å². The molecule has 0 saturated heterocycles. The van der Waals surface area contributed by atoms with Crippen molar-refractivity contribution in [2.75, 3.05) is 7.05 Å². The van der Waals surface area contributed by atoms with Crippen LogP contribution in [0.2, 0.25) is 0 Å². The van der Waals surface area contributed by atoms with Crippen molar-refractivity contribution >= 4 is 17.0 Å². The number of aliphatic imine (C=N–C) groups is 1. The molecule has 7 nitrogen and oxygen atoms in total. The number of oxazole rings is 1. The number of hydrogen-bond donors (Lipinski definition) is 2. The Morgan fingerprint density at radius 1 is 1.17 bits per heavy atom. The highest BCUT2D eigenvalue weighted by molar-refractivity contribution is 5.80. The summed E-state index contributed by atoms with van der Waals surface area (Å²) in [6, 6.07) is 8.08. The van der Waals surface area contributed by atoms with Crippen molar-refractivity contribution in [3.8, 4) is 0 Å². The van der Waals surface area contributed by atoms with Crippen molar-refractivity contribution in [2.24, 2.45) is 12.0 Å². The van der Waals surface area contributed by atoms with Crippen LogP contribution in [-0.2, 0) is 20.1 Å². The number of nitrogens with one attached hydrogen (secondary N) is 2. The molecule has 0 saturated carbocycles. The molecule has 3 aromatic rings. The number of guanidine groups is 1. The first-order valence-electron chi connectivity index (χ1n) is 7.86. The lowest BCUT2D eigenvalue weighted by atomic mass is 10.3. The van der Waals surface area contributed by atoms with E-state index in [1.165, 1.54) is 0 Å². The summed E-state index contributed by atoms with van der Waals surface area (Å²) in [6.45, 7) is 4.90. The summed E-state index contributed by atoms with van der Waals surface area (Å²) < 4.78 is 7.64. The molecule has 0 radical (unpaired) electrons. The number of hydrogen-bond acceptors (Lipinski definition) is 4. The van der Waals surface area contributed by atoms with Gasteiger partial charge in [-0.15, -0.1) is 0 Å². The van der Waals surface area contributed by atoms with Gasteiger partial charge in [0.25, 0.3) is 0 Å². The van der Waals surface area contributed by atoms with Gasteiger partial charge >= 0.3 is 0 Å². The zero-order valence-electron chi connectivity index (χ0n) is 14.4. The van der Waals surface area contributed by atoms with Gasteiger partial charge in [-0.2, -0.15) is 0 Å². The molecular weight excluding hydrogens is 304 g/mol. The summed E-state index contributed by atoms with van der Waals surface area (Å²) in [4.78, 5) is 13.2. The predicted octanol–water partition coefficient (Wildman–Crippen LogP) is 2.04. The molecule has 0 aliphatic carbocycles. The van der Waals surface area contributed by atoms with Crippen molar-refractivity contribution in [2.45, 2.75) is 26.9 Å². The van der Waals surface area contributed by atoms with Crippen LogP contribution in [-0.4, -0.2) is 27.5 Å². The SMILES string of the molecule is CN=C(NCc1nc(C)c(C)o1)NCc1nc2ccccc2n1C. The molecule has 0 aliphatic heterocycles. The molecule has 7 heteroatoms. The van der Waals surface area contributed by atoms with E-state index in [1.807, 2.05) is 39.1 Å². The van der Waals surface area contributed by atoms with Gasteiger partial charge in [0.1, 0.15) is 11.6 Å². The maximum absolute atomic E-state index is 5.56. The van der Waals surface area contributed by atoms with Crippen molar-refractivity contribution < 1.29 is 4.42 Å². The molecule has 126 valence electrons. The Labute approximate surface area is 140 Å². The Morgan fingerprint density at radius 2 is 1.92 bits per heavy atom. The lowest BCUT2D eigenvalue weighted by Gasteiger charge is -2.10. The van der Waals surface area contributed by atoms with E-state index < -0.39 is 0 Å². The van der Waals surface area contributed by atoms with Crippen LogP contribution in [0, 0.1) is 13.8 Å². The number of para-hydroxylation sites is 2. The number of rotatable bonds is 4. The van der Waals surface area contributed by atoms with Crippen LogP contribution in [0.15, 0.2) is 33.7 Å². The predicted molar refractivity (Wildman–Crippen MR) is 93.7 cm³/mol. The van der Waals surface area contributed by atoms with Crippen LogP contribution in [0.4, 0.5) is 0 Å². The summed E-state index contributed by atoms with van der Waals surface area (Å²) in [6.07, 6.45) is 0. The summed E-state index contributed by atoms with van der Waals surface area (Å²) in [5.41, 5.74) is 3.02. The number of nitrogens with zero attached hydrogens (tertiary/aromatic N) is 4. The average molecular weight is 326 g/mol. The second-order valence-corrected chi connectivity index (χ2v) is 5.60. The third-order valence-electron chi connectivity index (χ3n) is 4.00. The van der Waals surface area contributed by atoms with E-state index >= 15 is 0 Å². The zero-order chi connectivity index (χ0) is 17.1. The molecule has 24 heavy (non-hydrogen) atoms. The lowest BCUT2D eigenvalue weighted by Crippen LogP contribution is -2.37. The quantitative estimate of drug-likeness (QED) is 0.566. The van der Waals surface area contributed by atoms with Gasteiger partial charge in [0, 0.05) is 14.1 Å². The minimum atomic E-state index is 0.483. The van der Waals surface area contributed by atoms with Gasteiger partial charge in [0.2, 0.25) is 5.89 Å². The smallest absolute Gasteiger partial charge is 0.214 e. The van der Waals surface area contributed by atoms with Crippen LogP contribution < -0.4 is 10.6 Å². The molecule has 1 aromatic carbocycles.